The molecule has 4 rings (SSSR count). The minimum atomic E-state index is -0.363. The SMILES string of the molecule is CC.COC(=O)CN1CCN(CCOc2ccc(NC(=O)Nc3ccc(Cl)cc3)cc2-c2ccnn2C)CC1. The molecule has 3 aromatic rings. The number of ether oxygens (including phenoxy) is 2. The molecule has 11 heteroatoms. The molecule has 210 valence electrons. The standard InChI is InChI=1S/C26H31ClN6O4.C2H6/c1-31-23(9-10-28-31)22-17-21(30-26(35)29-20-5-3-19(27)4-6-20)7-8-24(22)37-16-15-32-11-13-33(14-12-32)18-25(34)36-2;1-2/h3-10,17H,11-16,18H2,1-2H3,(H2,29,30,35);1-2H3. The highest BCUT2D eigenvalue weighted by Crippen LogP contribution is 2.32. The highest BCUT2D eigenvalue weighted by molar-refractivity contribution is 6.30. The van der Waals surface area contributed by atoms with Crippen molar-refractivity contribution < 1.29 is 19.1 Å². The number of carbonyl (C=O) groups is 2. The molecule has 1 saturated heterocycles. The molecule has 0 saturated carbocycles. The van der Waals surface area contributed by atoms with Gasteiger partial charge in [0, 0.05) is 67.9 Å². The predicted octanol–water partition coefficient (Wildman–Crippen LogP) is 4.58. The number of methoxy groups -OCH3 is 1. The Kier molecular flexibility index (Phi) is 11.6. The molecule has 1 aliphatic heterocycles. The molecule has 0 unspecified atom stereocenters. The molecule has 0 spiro atoms. The summed E-state index contributed by atoms with van der Waals surface area (Å²) in [5, 5.41) is 10.5. The summed E-state index contributed by atoms with van der Waals surface area (Å²) in [5.41, 5.74) is 2.96. The number of carbonyl (C=O) groups excluding carboxylic acids is 2. The number of esters is 1. The second-order valence-electron chi connectivity index (χ2n) is 8.68. The number of nitrogens with one attached hydrogen (secondary N) is 2. The van der Waals surface area contributed by atoms with Gasteiger partial charge in [0.05, 0.1) is 19.3 Å². The van der Waals surface area contributed by atoms with E-state index in [-0.39, 0.29) is 12.0 Å². The summed E-state index contributed by atoms with van der Waals surface area (Å²) >= 11 is 5.91. The van der Waals surface area contributed by atoms with Crippen molar-refractivity contribution in [3.05, 3.63) is 59.8 Å². The van der Waals surface area contributed by atoms with Gasteiger partial charge in [-0.25, -0.2) is 4.79 Å². The summed E-state index contributed by atoms with van der Waals surface area (Å²) in [5.74, 6) is 0.497. The Morgan fingerprint density at radius 3 is 2.23 bits per heavy atom. The summed E-state index contributed by atoms with van der Waals surface area (Å²) in [7, 11) is 3.27. The predicted molar refractivity (Wildman–Crippen MR) is 154 cm³/mol. The van der Waals surface area contributed by atoms with Gasteiger partial charge in [-0.15, -0.1) is 0 Å². The number of amides is 2. The average molecular weight is 557 g/mol. The maximum atomic E-state index is 12.5. The van der Waals surface area contributed by atoms with E-state index in [4.69, 9.17) is 21.1 Å². The lowest BCUT2D eigenvalue weighted by Gasteiger charge is -2.33. The zero-order valence-electron chi connectivity index (χ0n) is 22.9. The first-order valence-corrected chi connectivity index (χ1v) is 13.4. The van der Waals surface area contributed by atoms with Gasteiger partial charge in [-0.05, 0) is 48.5 Å². The molecule has 0 bridgehead atoms. The largest absolute Gasteiger partial charge is 0.492 e. The van der Waals surface area contributed by atoms with E-state index in [1.54, 1.807) is 35.1 Å². The van der Waals surface area contributed by atoms with Crippen LogP contribution in [0.15, 0.2) is 54.7 Å². The van der Waals surface area contributed by atoms with E-state index in [1.165, 1.54) is 7.11 Å². The lowest BCUT2D eigenvalue weighted by molar-refractivity contribution is -0.142. The van der Waals surface area contributed by atoms with Gasteiger partial charge in [0.15, 0.2) is 0 Å². The van der Waals surface area contributed by atoms with Gasteiger partial charge >= 0.3 is 12.0 Å². The van der Waals surface area contributed by atoms with E-state index in [2.05, 4.69) is 25.5 Å². The summed E-state index contributed by atoms with van der Waals surface area (Å²) in [6.45, 7) is 8.95. The van der Waals surface area contributed by atoms with E-state index in [1.807, 2.05) is 45.2 Å². The lowest BCUT2D eigenvalue weighted by Crippen LogP contribution is -2.48. The number of hydrogen-bond donors (Lipinski definition) is 2. The van der Waals surface area contributed by atoms with Crippen LogP contribution in [0.2, 0.25) is 5.02 Å². The topological polar surface area (TPSA) is 101 Å². The molecule has 2 aromatic carbocycles. The number of nitrogens with zero attached hydrogens (tertiary/aromatic N) is 4. The van der Waals surface area contributed by atoms with Crippen LogP contribution in [0.25, 0.3) is 11.3 Å². The number of anilines is 2. The maximum Gasteiger partial charge on any atom is 0.323 e. The number of aryl methyl sites for hydroxylation is 1. The van der Waals surface area contributed by atoms with Crippen LogP contribution in [0, 0.1) is 0 Å². The van der Waals surface area contributed by atoms with Crippen LogP contribution >= 0.6 is 11.6 Å². The number of rotatable bonds is 9. The minimum absolute atomic E-state index is 0.208. The van der Waals surface area contributed by atoms with Crippen LogP contribution in [0.1, 0.15) is 13.8 Å². The van der Waals surface area contributed by atoms with Crippen LogP contribution in [0.4, 0.5) is 16.2 Å². The third-order valence-corrected chi connectivity index (χ3v) is 6.40. The molecule has 0 aliphatic carbocycles. The van der Waals surface area contributed by atoms with Gasteiger partial charge < -0.3 is 20.1 Å². The molecule has 1 aliphatic rings. The van der Waals surface area contributed by atoms with Crippen LogP contribution in [0.5, 0.6) is 5.75 Å². The Labute approximate surface area is 234 Å². The number of aromatic nitrogens is 2. The third kappa shape index (κ3) is 8.98. The molecule has 39 heavy (non-hydrogen) atoms. The van der Waals surface area contributed by atoms with Crippen molar-refractivity contribution in [2.24, 2.45) is 7.05 Å². The molecule has 2 heterocycles. The first-order chi connectivity index (χ1) is 18.9. The summed E-state index contributed by atoms with van der Waals surface area (Å²) in [6.07, 6.45) is 1.72. The van der Waals surface area contributed by atoms with Crippen LogP contribution < -0.4 is 15.4 Å². The molecular formula is C28H37ClN6O4. The quantitative estimate of drug-likeness (QED) is 0.372. The van der Waals surface area contributed by atoms with E-state index in [0.29, 0.717) is 35.3 Å². The number of benzene rings is 2. The van der Waals surface area contributed by atoms with Gasteiger partial charge in [0.2, 0.25) is 0 Å². The van der Waals surface area contributed by atoms with Crippen LogP contribution in [-0.2, 0) is 16.6 Å². The molecule has 1 fully saturated rings. The molecule has 0 atom stereocenters. The van der Waals surface area contributed by atoms with Crippen molar-refractivity contribution in [1.29, 1.82) is 0 Å². The molecule has 2 amide bonds. The molecule has 1 aromatic heterocycles. The Morgan fingerprint density at radius 1 is 0.949 bits per heavy atom. The normalized spacial score (nSPS) is 13.7. The summed E-state index contributed by atoms with van der Waals surface area (Å²) in [4.78, 5) is 28.4. The van der Waals surface area contributed by atoms with E-state index >= 15 is 0 Å². The van der Waals surface area contributed by atoms with E-state index < -0.39 is 0 Å². The van der Waals surface area contributed by atoms with Gasteiger partial charge in [-0.3, -0.25) is 19.3 Å². The Bertz CT molecular complexity index is 1210. The van der Waals surface area contributed by atoms with Crippen LogP contribution in [0.3, 0.4) is 0 Å². The lowest BCUT2D eigenvalue weighted by atomic mass is 10.1. The maximum absolute atomic E-state index is 12.5. The molecular weight excluding hydrogens is 520 g/mol. The Hall–Kier alpha value is -3.60. The zero-order valence-corrected chi connectivity index (χ0v) is 23.7. The van der Waals surface area contributed by atoms with Gasteiger partial charge in [0.25, 0.3) is 0 Å². The van der Waals surface area contributed by atoms with Gasteiger partial charge in [-0.2, -0.15) is 5.10 Å². The molecule has 0 radical (unpaired) electrons. The van der Waals surface area contributed by atoms with Crippen molar-refractivity contribution in [1.82, 2.24) is 19.6 Å². The van der Waals surface area contributed by atoms with E-state index in [9.17, 15) is 9.59 Å². The monoisotopic (exact) mass is 556 g/mol. The molecule has 2 N–H and O–H groups in total. The smallest absolute Gasteiger partial charge is 0.323 e. The first kappa shape index (κ1) is 29.9. The number of halogens is 1. The van der Waals surface area contributed by atoms with Gasteiger partial charge in [0.1, 0.15) is 12.4 Å². The highest BCUT2D eigenvalue weighted by atomic mass is 35.5. The number of piperazine rings is 1. The second-order valence-corrected chi connectivity index (χ2v) is 9.12. The van der Waals surface area contributed by atoms with E-state index in [0.717, 1.165) is 44.0 Å². The van der Waals surface area contributed by atoms with Crippen molar-refractivity contribution >= 4 is 35.0 Å². The number of urea groups is 1. The third-order valence-electron chi connectivity index (χ3n) is 6.15. The van der Waals surface area contributed by atoms with Gasteiger partial charge in [-0.1, -0.05) is 25.4 Å². The van der Waals surface area contributed by atoms with Crippen molar-refractivity contribution in [3.8, 4) is 17.0 Å². The molecule has 10 nitrogen and oxygen atoms in total. The fourth-order valence-electron chi connectivity index (χ4n) is 4.10. The van der Waals surface area contributed by atoms with Crippen molar-refractivity contribution in [2.45, 2.75) is 13.8 Å². The Balaban J connectivity index is 0.00000205. The minimum Gasteiger partial charge on any atom is -0.492 e. The number of hydrogen-bond acceptors (Lipinski definition) is 7. The first-order valence-electron chi connectivity index (χ1n) is 13.0. The summed E-state index contributed by atoms with van der Waals surface area (Å²) in [6, 6.07) is 14.0. The zero-order chi connectivity index (χ0) is 28.2. The second kappa shape index (κ2) is 15.1. The van der Waals surface area contributed by atoms with Crippen molar-refractivity contribution in [2.75, 3.05) is 63.6 Å². The fourth-order valence-corrected chi connectivity index (χ4v) is 4.23. The summed E-state index contributed by atoms with van der Waals surface area (Å²) < 4.78 is 12.7. The van der Waals surface area contributed by atoms with Crippen molar-refractivity contribution in [3.63, 3.8) is 0 Å². The van der Waals surface area contributed by atoms with Crippen LogP contribution in [-0.4, -0.2) is 84.6 Å². The average Bonchev–Trinajstić information content (AvgIpc) is 3.38. The Morgan fingerprint density at radius 2 is 1.59 bits per heavy atom. The fraction of sp³-hybridized carbons (Fsp3) is 0.393. The highest BCUT2D eigenvalue weighted by Gasteiger charge is 2.19.